The largest absolute Gasteiger partial charge is 0.332 e. The van der Waals surface area contributed by atoms with Crippen molar-refractivity contribution in [2.75, 3.05) is 25.5 Å². The van der Waals surface area contributed by atoms with Crippen molar-refractivity contribution >= 4 is 23.4 Å². The quantitative estimate of drug-likeness (QED) is 0.445. The number of likely N-dealkylation sites (tertiary alicyclic amines) is 1. The Kier molecular flexibility index (Phi) is 10.8. The first-order valence-corrected chi connectivity index (χ1v) is 13.5. The van der Waals surface area contributed by atoms with Crippen LogP contribution in [0, 0.1) is 34.5 Å². The van der Waals surface area contributed by atoms with Crippen LogP contribution in [0.15, 0.2) is 78.9 Å². The van der Waals surface area contributed by atoms with Crippen LogP contribution in [-0.2, 0) is 9.59 Å². The average Bonchev–Trinajstić information content (AvgIpc) is 3.42. The number of nitriles is 2. The number of likely N-dealkylation sites (N-methyl/N-ethyl adjacent to an activating group) is 1. The Morgan fingerprint density at radius 3 is 2.22 bits per heavy atom. The maximum Gasteiger partial charge on any atom is 0.254 e. The van der Waals surface area contributed by atoms with Crippen molar-refractivity contribution in [2.45, 2.75) is 33.2 Å². The summed E-state index contributed by atoms with van der Waals surface area (Å²) in [6.45, 7) is 6.39. The van der Waals surface area contributed by atoms with Gasteiger partial charge in [-0.15, -0.1) is 0 Å². The lowest BCUT2D eigenvalue weighted by Gasteiger charge is -2.24. The van der Waals surface area contributed by atoms with Crippen LogP contribution in [-0.4, -0.2) is 53.7 Å². The van der Waals surface area contributed by atoms with Crippen LogP contribution in [0.5, 0.6) is 0 Å². The van der Waals surface area contributed by atoms with Crippen molar-refractivity contribution in [2.24, 2.45) is 11.8 Å². The minimum Gasteiger partial charge on any atom is -0.332 e. The summed E-state index contributed by atoms with van der Waals surface area (Å²) in [6, 6.07) is 26.6. The molecule has 1 aliphatic rings. The van der Waals surface area contributed by atoms with Gasteiger partial charge in [-0.3, -0.25) is 14.4 Å². The fourth-order valence-corrected chi connectivity index (χ4v) is 4.38. The number of hydrogen-bond acceptors (Lipinski definition) is 5. The minimum absolute atomic E-state index is 0.114. The molecule has 8 nitrogen and oxygen atoms in total. The maximum absolute atomic E-state index is 13.1. The molecule has 3 aromatic carbocycles. The number of hydrogen-bond donors (Lipinski definition) is 1. The number of anilines is 1. The van der Waals surface area contributed by atoms with Gasteiger partial charge in [-0.2, -0.15) is 10.5 Å². The zero-order valence-electron chi connectivity index (χ0n) is 23.9. The summed E-state index contributed by atoms with van der Waals surface area (Å²) in [7, 11) is 1.53. The molecule has 1 fully saturated rings. The zero-order valence-corrected chi connectivity index (χ0v) is 23.9. The molecule has 8 heteroatoms. The third-order valence-corrected chi connectivity index (χ3v) is 6.34. The molecule has 3 amide bonds. The lowest BCUT2D eigenvalue weighted by molar-refractivity contribution is -0.131. The zero-order chi connectivity index (χ0) is 29.9. The van der Waals surface area contributed by atoms with E-state index in [0.29, 0.717) is 16.8 Å². The fourth-order valence-electron chi connectivity index (χ4n) is 4.38. The average molecular weight is 550 g/mol. The molecule has 1 heterocycles. The van der Waals surface area contributed by atoms with Gasteiger partial charge in [0.05, 0.1) is 30.2 Å². The number of carbonyl (C=O) groups is 3. The second-order valence-corrected chi connectivity index (χ2v) is 10.6. The number of carbonyl (C=O) groups excluding carboxylic acids is 3. The van der Waals surface area contributed by atoms with Gasteiger partial charge >= 0.3 is 0 Å². The molecule has 0 aliphatic carbocycles. The summed E-state index contributed by atoms with van der Waals surface area (Å²) in [5.74, 6) is -0.674. The van der Waals surface area contributed by atoms with E-state index in [2.05, 4.69) is 38.2 Å². The fraction of sp³-hybridized carbons (Fsp3) is 0.303. The molecular weight excluding hydrogens is 514 g/mol. The maximum atomic E-state index is 13.1. The Morgan fingerprint density at radius 1 is 0.951 bits per heavy atom. The second-order valence-electron chi connectivity index (χ2n) is 10.6. The molecule has 1 N–H and O–H groups in total. The third-order valence-electron chi connectivity index (χ3n) is 6.34. The third kappa shape index (κ3) is 8.52. The Labute approximate surface area is 241 Å². The number of nitrogens with one attached hydrogen (secondary N) is 1. The van der Waals surface area contributed by atoms with Crippen molar-refractivity contribution in [3.8, 4) is 23.3 Å². The van der Waals surface area contributed by atoms with Crippen LogP contribution in [0.25, 0.3) is 11.1 Å². The van der Waals surface area contributed by atoms with E-state index in [1.807, 2.05) is 30.3 Å². The van der Waals surface area contributed by atoms with Crippen LogP contribution < -0.4 is 5.32 Å². The highest BCUT2D eigenvalue weighted by Crippen LogP contribution is 2.25. The summed E-state index contributed by atoms with van der Waals surface area (Å²) in [5, 5.41) is 21.6. The topological polar surface area (TPSA) is 117 Å². The molecule has 1 aliphatic heterocycles. The molecule has 0 spiro atoms. The van der Waals surface area contributed by atoms with E-state index < -0.39 is 17.9 Å². The molecule has 1 saturated heterocycles. The first kappa shape index (κ1) is 30.6. The van der Waals surface area contributed by atoms with Gasteiger partial charge in [0.2, 0.25) is 11.8 Å². The smallest absolute Gasteiger partial charge is 0.254 e. The predicted octanol–water partition coefficient (Wildman–Crippen LogP) is 5.34. The van der Waals surface area contributed by atoms with E-state index in [4.69, 9.17) is 5.26 Å². The lowest BCUT2D eigenvalue weighted by atomic mass is 10.0. The van der Waals surface area contributed by atoms with E-state index in [-0.39, 0.29) is 31.3 Å². The second kappa shape index (κ2) is 14.4. The first-order chi connectivity index (χ1) is 19.6. The SMILES string of the molecule is CC(C)C.CN(CC(=O)N1CC(C(=O)Nc2ccccc2)CC1C#N)C(=O)c1cccc(-c2cccc(C#N)c2)c1. The number of rotatable bonds is 6. The molecule has 41 heavy (non-hydrogen) atoms. The van der Waals surface area contributed by atoms with Crippen LogP contribution in [0.2, 0.25) is 0 Å². The molecular formula is C33H35N5O3. The summed E-state index contributed by atoms with van der Waals surface area (Å²) >= 11 is 0. The Bertz CT molecular complexity index is 1450. The standard InChI is InChI=1S/C29H25N5O3.C4H10/c1-33(29(37)23-10-6-9-22(14-23)21-8-5-7-20(13-21)16-30)19-27(35)34-18-24(15-26(34)17-31)28(36)32-25-11-3-2-4-12-25;1-4(2)3/h2-14,24,26H,15,18-19H2,1H3,(H,32,36);4H,1-3H3. The van der Waals surface area contributed by atoms with Crippen LogP contribution >= 0.6 is 0 Å². The van der Waals surface area contributed by atoms with Gasteiger partial charge < -0.3 is 15.1 Å². The van der Waals surface area contributed by atoms with Crippen molar-refractivity contribution in [3.63, 3.8) is 0 Å². The van der Waals surface area contributed by atoms with Gasteiger partial charge in [0.15, 0.2) is 0 Å². The molecule has 0 saturated carbocycles. The van der Waals surface area contributed by atoms with Gasteiger partial charge in [-0.1, -0.05) is 63.2 Å². The molecule has 0 bridgehead atoms. The highest BCUT2D eigenvalue weighted by atomic mass is 16.2. The van der Waals surface area contributed by atoms with Gasteiger partial charge in [-0.25, -0.2) is 0 Å². The van der Waals surface area contributed by atoms with E-state index in [1.54, 1.807) is 48.5 Å². The molecule has 0 radical (unpaired) electrons. The van der Waals surface area contributed by atoms with E-state index in [9.17, 15) is 19.6 Å². The van der Waals surface area contributed by atoms with Gasteiger partial charge in [0.1, 0.15) is 6.04 Å². The molecule has 2 atom stereocenters. The predicted molar refractivity (Wildman–Crippen MR) is 158 cm³/mol. The van der Waals surface area contributed by atoms with E-state index >= 15 is 0 Å². The Hall–Kier alpha value is -4.95. The molecule has 3 aromatic rings. The van der Waals surface area contributed by atoms with Gasteiger partial charge in [-0.05, 0) is 59.9 Å². The first-order valence-electron chi connectivity index (χ1n) is 13.5. The normalized spacial score (nSPS) is 15.6. The minimum atomic E-state index is -0.738. The Balaban J connectivity index is 0.00000108. The van der Waals surface area contributed by atoms with Gasteiger partial charge in [0, 0.05) is 24.8 Å². The number of amides is 3. The summed E-state index contributed by atoms with van der Waals surface area (Å²) in [4.78, 5) is 41.6. The number of benzene rings is 3. The van der Waals surface area contributed by atoms with Crippen molar-refractivity contribution in [1.82, 2.24) is 9.80 Å². The molecule has 210 valence electrons. The van der Waals surface area contributed by atoms with E-state index in [1.165, 1.54) is 16.8 Å². The number of nitrogens with zero attached hydrogens (tertiary/aromatic N) is 4. The molecule has 2 unspecified atom stereocenters. The van der Waals surface area contributed by atoms with Crippen LogP contribution in [0.1, 0.15) is 43.1 Å². The highest BCUT2D eigenvalue weighted by molar-refractivity contribution is 5.98. The van der Waals surface area contributed by atoms with Crippen LogP contribution in [0.3, 0.4) is 0 Å². The van der Waals surface area contributed by atoms with Crippen LogP contribution in [0.4, 0.5) is 5.69 Å². The lowest BCUT2D eigenvalue weighted by Crippen LogP contribution is -2.43. The van der Waals surface area contributed by atoms with Crippen molar-refractivity contribution < 1.29 is 14.4 Å². The molecule has 0 aromatic heterocycles. The van der Waals surface area contributed by atoms with Crippen molar-refractivity contribution in [1.29, 1.82) is 10.5 Å². The van der Waals surface area contributed by atoms with Crippen molar-refractivity contribution in [3.05, 3.63) is 90.0 Å². The van der Waals surface area contributed by atoms with Gasteiger partial charge in [0.25, 0.3) is 5.91 Å². The Morgan fingerprint density at radius 2 is 1.59 bits per heavy atom. The summed E-state index contributed by atoms with van der Waals surface area (Å²) in [6.07, 6.45) is 0.238. The molecule has 4 rings (SSSR count). The highest BCUT2D eigenvalue weighted by Gasteiger charge is 2.39. The monoisotopic (exact) mass is 549 g/mol. The summed E-state index contributed by atoms with van der Waals surface area (Å²) < 4.78 is 0. The number of para-hydroxylation sites is 1. The summed E-state index contributed by atoms with van der Waals surface area (Å²) in [5.41, 5.74) is 3.15. The van der Waals surface area contributed by atoms with E-state index in [0.717, 1.165) is 17.0 Å².